The second kappa shape index (κ2) is 7.53. The summed E-state index contributed by atoms with van der Waals surface area (Å²) in [6.07, 6.45) is 7.51. The van der Waals surface area contributed by atoms with Crippen molar-refractivity contribution < 1.29 is 4.79 Å². The molecule has 1 aliphatic carbocycles. The molecule has 2 aromatic heterocycles. The maximum atomic E-state index is 12.9. The van der Waals surface area contributed by atoms with Crippen molar-refractivity contribution in [2.24, 2.45) is 0 Å². The Kier molecular flexibility index (Phi) is 4.72. The molecule has 0 radical (unpaired) electrons. The van der Waals surface area contributed by atoms with Gasteiger partial charge in [-0.2, -0.15) is 0 Å². The number of pyridine rings is 1. The standard InChI is InChI=1S/C25H22N2OS/c1-16-12-20(15-26-14-16)25-27-22-10-8-19(13-24(22)29-25)23(28)11-9-18-7-6-17-4-2-3-5-21(17)18/h2-5,8,10,12-15,18H,6-7,9,11H2,1H3/t18-/m0/s1. The van der Waals surface area contributed by atoms with E-state index >= 15 is 0 Å². The van der Waals surface area contributed by atoms with Gasteiger partial charge in [0.1, 0.15) is 5.01 Å². The SMILES string of the molecule is Cc1cncc(-c2nc3ccc(C(=O)CC[C@@H]4CCc5ccccc54)cc3s2)c1. The lowest BCUT2D eigenvalue weighted by atomic mass is 9.93. The number of hydrogen-bond donors (Lipinski definition) is 0. The van der Waals surface area contributed by atoms with Gasteiger partial charge < -0.3 is 0 Å². The van der Waals surface area contributed by atoms with Crippen molar-refractivity contribution in [2.75, 3.05) is 0 Å². The maximum Gasteiger partial charge on any atom is 0.162 e. The smallest absolute Gasteiger partial charge is 0.162 e. The van der Waals surface area contributed by atoms with E-state index in [1.165, 1.54) is 11.1 Å². The zero-order valence-corrected chi connectivity index (χ0v) is 17.2. The number of nitrogens with zero attached hydrogens (tertiary/aromatic N) is 2. The highest BCUT2D eigenvalue weighted by atomic mass is 32.1. The van der Waals surface area contributed by atoms with E-state index in [1.807, 2.05) is 37.5 Å². The summed E-state index contributed by atoms with van der Waals surface area (Å²) < 4.78 is 1.05. The topological polar surface area (TPSA) is 42.9 Å². The zero-order valence-electron chi connectivity index (χ0n) is 16.4. The fourth-order valence-electron chi connectivity index (χ4n) is 4.29. The quantitative estimate of drug-likeness (QED) is 0.367. The molecule has 29 heavy (non-hydrogen) atoms. The summed E-state index contributed by atoms with van der Waals surface area (Å²) in [5, 5.41) is 0.948. The number of thiazole rings is 1. The van der Waals surface area contributed by atoms with Gasteiger partial charge in [-0.25, -0.2) is 4.98 Å². The lowest BCUT2D eigenvalue weighted by Crippen LogP contribution is -2.02. The van der Waals surface area contributed by atoms with Crippen molar-refractivity contribution in [3.63, 3.8) is 0 Å². The third kappa shape index (κ3) is 3.60. The summed E-state index contributed by atoms with van der Waals surface area (Å²) in [7, 11) is 0. The number of rotatable bonds is 5. The number of benzene rings is 2. The van der Waals surface area contributed by atoms with E-state index in [0.717, 1.165) is 51.2 Å². The predicted octanol–water partition coefficient (Wildman–Crippen LogP) is 6.36. The van der Waals surface area contributed by atoms with Crippen LogP contribution in [0.2, 0.25) is 0 Å². The molecule has 0 fully saturated rings. The van der Waals surface area contributed by atoms with Crippen molar-refractivity contribution in [3.05, 3.63) is 83.2 Å². The molecule has 1 atom stereocenters. The Morgan fingerprint density at radius 3 is 2.93 bits per heavy atom. The Bertz CT molecular complexity index is 1210. The molecule has 1 aliphatic rings. The van der Waals surface area contributed by atoms with Crippen molar-refractivity contribution in [3.8, 4) is 10.6 Å². The molecule has 0 spiro atoms. The van der Waals surface area contributed by atoms with Crippen molar-refractivity contribution in [1.29, 1.82) is 0 Å². The van der Waals surface area contributed by atoms with Gasteiger partial charge in [-0.15, -0.1) is 11.3 Å². The number of Topliss-reactive ketones (excluding diaryl/α,β-unsaturated/α-hetero) is 1. The Morgan fingerprint density at radius 2 is 2.03 bits per heavy atom. The molecule has 5 rings (SSSR count). The largest absolute Gasteiger partial charge is 0.294 e. The van der Waals surface area contributed by atoms with E-state index in [1.54, 1.807) is 11.3 Å². The van der Waals surface area contributed by atoms with Gasteiger partial charge in [-0.3, -0.25) is 9.78 Å². The molecule has 0 aliphatic heterocycles. The van der Waals surface area contributed by atoms with E-state index in [4.69, 9.17) is 4.98 Å². The number of fused-ring (bicyclic) bond motifs is 2. The summed E-state index contributed by atoms with van der Waals surface area (Å²) in [4.78, 5) is 21.8. The number of carbonyl (C=O) groups excluding carboxylic acids is 1. The van der Waals surface area contributed by atoms with Crippen LogP contribution in [0.5, 0.6) is 0 Å². The molecule has 0 amide bonds. The van der Waals surface area contributed by atoms with Crippen LogP contribution in [0.25, 0.3) is 20.8 Å². The van der Waals surface area contributed by atoms with Gasteiger partial charge in [0.2, 0.25) is 0 Å². The highest BCUT2D eigenvalue weighted by molar-refractivity contribution is 7.21. The molecule has 3 nitrogen and oxygen atoms in total. The number of aromatic nitrogens is 2. The van der Waals surface area contributed by atoms with Crippen molar-refractivity contribution in [2.45, 2.75) is 38.5 Å². The molecular formula is C25H22N2OS. The summed E-state index contributed by atoms with van der Waals surface area (Å²) in [5.41, 5.74) is 6.77. The second-order valence-electron chi connectivity index (χ2n) is 7.85. The second-order valence-corrected chi connectivity index (χ2v) is 8.88. The number of hydrogen-bond acceptors (Lipinski definition) is 4. The first-order chi connectivity index (χ1) is 14.2. The van der Waals surface area contributed by atoms with Crippen LogP contribution in [0.4, 0.5) is 0 Å². The fraction of sp³-hybridized carbons (Fsp3) is 0.240. The molecule has 4 aromatic rings. The summed E-state index contributed by atoms with van der Waals surface area (Å²) in [6, 6.07) is 16.7. The first-order valence-corrected chi connectivity index (χ1v) is 10.9. The lowest BCUT2D eigenvalue weighted by molar-refractivity contribution is 0.0977. The van der Waals surface area contributed by atoms with E-state index in [9.17, 15) is 4.79 Å². The normalized spacial score (nSPS) is 15.6. The average molecular weight is 399 g/mol. The molecule has 0 N–H and O–H groups in total. The summed E-state index contributed by atoms with van der Waals surface area (Å²) >= 11 is 1.62. The minimum atomic E-state index is 0.225. The van der Waals surface area contributed by atoms with Gasteiger partial charge in [-0.05, 0) is 73.1 Å². The first kappa shape index (κ1) is 18.2. The minimum absolute atomic E-state index is 0.225. The Morgan fingerprint density at radius 1 is 1.14 bits per heavy atom. The van der Waals surface area contributed by atoms with Crippen LogP contribution in [0.1, 0.15) is 52.2 Å². The van der Waals surface area contributed by atoms with Gasteiger partial charge in [0.25, 0.3) is 0 Å². The van der Waals surface area contributed by atoms with Crippen molar-refractivity contribution in [1.82, 2.24) is 9.97 Å². The van der Waals surface area contributed by atoms with Gasteiger partial charge in [-0.1, -0.05) is 24.3 Å². The molecule has 0 unspecified atom stereocenters. The predicted molar refractivity (Wildman–Crippen MR) is 119 cm³/mol. The molecule has 2 heterocycles. The van der Waals surface area contributed by atoms with Gasteiger partial charge in [0.15, 0.2) is 5.78 Å². The monoisotopic (exact) mass is 398 g/mol. The molecular weight excluding hydrogens is 376 g/mol. The molecule has 0 bridgehead atoms. The lowest BCUT2D eigenvalue weighted by Gasteiger charge is -2.10. The highest BCUT2D eigenvalue weighted by Gasteiger charge is 2.22. The summed E-state index contributed by atoms with van der Waals surface area (Å²) in [6.45, 7) is 2.03. The van der Waals surface area contributed by atoms with Gasteiger partial charge in [0.05, 0.1) is 10.2 Å². The van der Waals surface area contributed by atoms with Crippen LogP contribution in [-0.2, 0) is 6.42 Å². The van der Waals surface area contributed by atoms with Gasteiger partial charge >= 0.3 is 0 Å². The third-order valence-corrected chi connectivity index (χ3v) is 6.88. The Labute approximate surface area is 174 Å². The average Bonchev–Trinajstić information content (AvgIpc) is 3.35. The van der Waals surface area contributed by atoms with Crippen LogP contribution in [0, 0.1) is 6.92 Å². The van der Waals surface area contributed by atoms with Gasteiger partial charge in [0, 0.05) is 29.9 Å². The maximum absolute atomic E-state index is 12.9. The van der Waals surface area contributed by atoms with Crippen LogP contribution in [-0.4, -0.2) is 15.8 Å². The summed E-state index contributed by atoms with van der Waals surface area (Å²) in [5.74, 6) is 0.742. The molecule has 4 heteroatoms. The van der Waals surface area contributed by atoms with E-state index in [-0.39, 0.29) is 5.78 Å². The number of ketones is 1. The van der Waals surface area contributed by atoms with E-state index in [2.05, 4.69) is 35.3 Å². The molecule has 0 saturated carbocycles. The Balaban J connectivity index is 1.33. The number of aryl methyl sites for hydroxylation is 2. The highest BCUT2D eigenvalue weighted by Crippen LogP contribution is 2.36. The van der Waals surface area contributed by atoms with E-state index < -0.39 is 0 Å². The van der Waals surface area contributed by atoms with Crippen LogP contribution in [0.15, 0.2) is 60.9 Å². The van der Waals surface area contributed by atoms with Crippen LogP contribution < -0.4 is 0 Å². The van der Waals surface area contributed by atoms with Crippen LogP contribution >= 0.6 is 11.3 Å². The third-order valence-electron chi connectivity index (χ3n) is 5.81. The zero-order chi connectivity index (χ0) is 19.8. The Hall–Kier alpha value is -2.85. The molecule has 0 saturated heterocycles. The van der Waals surface area contributed by atoms with Crippen LogP contribution in [0.3, 0.4) is 0 Å². The first-order valence-electron chi connectivity index (χ1n) is 10.1. The minimum Gasteiger partial charge on any atom is -0.294 e. The fourth-order valence-corrected chi connectivity index (χ4v) is 5.27. The van der Waals surface area contributed by atoms with E-state index in [0.29, 0.717) is 12.3 Å². The molecule has 2 aromatic carbocycles. The number of carbonyl (C=O) groups is 1. The van der Waals surface area contributed by atoms with Crippen molar-refractivity contribution >= 4 is 27.3 Å². The molecule has 144 valence electrons.